The van der Waals surface area contributed by atoms with Gasteiger partial charge in [-0.1, -0.05) is 59.6 Å². The van der Waals surface area contributed by atoms with Crippen LogP contribution in [-0.2, 0) is 0 Å². The first-order valence-corrected chi connectivity index (χ1v) is 10.9. The fraction of sp³-hybridized carbons (Fsp3) is 0.292. The molecule has 3 nitrogen and oxygen atoms in total. The Labute approximate surface area is 179 Å². The lowest BCUT2D eigenvalue weighted by Gasteiger charge is -2.46. The molecule has 6 rings (SSSR count). The number of rotatable bonds is 1. The number of halogens is 2. The molecule has 1 saturated carbocycles. The van der Waals surface area contributed by atoms with E-state index in [0.717, 1.165) is 49.1 Å². The number of fused-ring (bicyclic) bond motifs is 5. The fourth-order valence-corrected chi connectivity index (χ4v) is 5.65. The highest BCUT2D eigenvalue weighted by atomic mass is 35.5. The second-order valence-corrected chi connectivity index (χ2v) is 9.08. The molecule has 3 aliphatic rings. The highest BCUT2D eigenvalue weighted by molar-refractivity contribution is 6.35. The molecule has 0 unspecified atom stereocenters. The Morgan fingerprint density at radius 2 is 1.76 bits per heavy atom. The molecule has 0 saturated heterocycles. The average Bonchev–Trinajstić information content (AvgIpc) is 3.37. The topological polar surface area (TPSA) is 24.8 Å². The minimum atomic E-state index is -0.395. The molecule has 3 aromatic carbocycles. The molecule has 1 spiro atoms. The Hall–Kier alpha value is -2.23. The van der Waals surface area contributed by atoms with Gasteiger partial charge in [0.05, 0.1) is 16.8 Å². The summed E-state index contributed by atoms with van der Waals surface area (Å²) in [7, 11) is 0. The third-order valence-corrected chi connectivity index (χ3v) is 6.98. The quantitative estimate of drug-likeness (QED) is 0.423. The maximum absolute atomic E-state index is 6.56. The van der Waals surface area contributed by atoms with Crippen LogP contribution in [0, 0.1) is 0 Å². The zero-order valence-electron chi connectivity index (χ0n) is 15.9. The number of nitrogens with zero attached hydrogens (tertiary/aromatic N) is 2. The van der Waals surface area contributed by atoms with Crippen LogP contribution in [-0.4, -0.2) is 16.4 Å². The number of ether oxygens (including phenoxy) is 1. The summed E-state index contributed by atoms with van der Waals surface area (Å²) in [5.41, 5.74) is 2.91. The molecule has 29 heavy (non-hydrogen) atoms. The summed E-state index contributed by atoms with van der Waals surface area (Å²) in [6.45, 7) is 0. The molecule has 2 heterocycles. The largest absolute Gasteiger partial charge is 0.465 e. The van der Waals surface area contributed by atoms with Gasteiger partial charge in [0.25, 0.3) is 0 Å². The molecule has 1 fully saturated rings. The van der Waals surface area contributed by atoms with Crippen LogP contribution >= 0.6 is 23.2 Å². The standard InChI is InChI=1S/C24H20Cl2N2O/c25-18-12-19-22-14-21(17-8-7-15-5-1-2-6-16(15)11-17)27-28(22)24(9-3-4-10-24)29-23(19)20(26)13-18/h1-2,5-8,11-13,22H,3-4,9-10,14H2/t22-/m1/s1. The Balaban J connectivity index is 1.48. The van der Waals surface area contributed by atoms with Crippen molar-refractivity contribution in [2.24, 2.45) is 5.10 Å². The summed E-state index contributed by atoms with van der Waals surface area (Å²) < 4.78 is 6.56. The summed E-state index contributed by atoms with van der Waals surface area (Å²) in [6.07, 6.45) is 5.05. The molecular weight excluding hydrogens is 403 g/mol. The first-order chi connectivity index (χ1) is 14.1. The molecule has 3 aromatic rings. The lowest BCUT2D eigenvalue weighted by Crippen LogP contribution is -2.51. The zero-order valence-corrected chi connectivity index (χ0v) is 17.4. The maximum atomic E-state index is 6.56. The molecule has 0 bridgehead atoms. The van der Waals surface area contributed by atoms with Crippen molar-refractivity contribution in [1.29, 1.82) is 0 Å². The molecule has 1 aliphatic carbocycles. The summed E-state index contributed by atoms with van der Waals surface area (Å²) in [4.78, 5) is 0. The SMILES string of the molecule is Clc1cc(Cl)c2c(c1)[C@H]1CC(c3ccc4ccccc4c3)=NN1C1(CCCC1)O2. The Bertz CT molecular complexity index is 1170. The lowest BCUT2D eigenvalue weighted by molar-refractivity contribution is -0.114. The van der Waals surface area contributed by atoms with Gasteiger partial charge in [-0.15, -0.1) is 0 Å². The first kappa shape index (κ1) is 17.6. The van der Waals surface area contributed by atoms with E-state index in [1.807, 2.05) is 6.07 Å². The summed E-state index contributed by atoms with van der Waals surface area (Å²) >= 11 is 12.9. The molecule has 0 aromatic heterocycles. The predicted octanol–water partition coefficient (Wildman–Crippen LogP) is 6.96. The molecule has 0 N–H and O–H groups in total. The second-order valence-electron chi connectivity index (χ2n) is 8.23. The van der Waals surface area contributed by atoms with Crippen molar-refractivity contribution in [2.75, 3.05) is 0 Å². The van der Waals surface area contributed by atoms with E-state index in [4.69, 9.17) is 33.0 Å². The van der Waals surface area contributed by atoms with Crippen molar-refractivity contribution in [2.45, 2.75) is 43.9 Å². The van der Waals surface area contributed by atoms with Crippen LogP contribution in [0.5, 0.6) is 5.75 Å². The van der Waals surface area contributed by atoms with Gasteiger partial charge in [0.2, 0.25) is 0 Å². The molecule has 1 atom stereocenters. The van der Waals surface area contributed by atoms with Crippen molar-refractivity contribution >= 4 is 39.7 Å². The summed E-state index contributed by atoms with van der Waals surface area (Å²) in [6, 6.07) is 18.9. The third-order valence-electron chi connectivity index (χ3n) is 6.48. The van der Waals surface area contributed by atoms with E-state index in [1.54, 1.807) is 6.07 Å². The van der Waals surface area contributed by atoms with Crippen LogP contribution in [0.1, 0.15) is 49.3 Å². The average molecular weight is 423 g/mol. The fourth-order valence-electron chi connectivity index (χ4n) is 5.10. The predicted molar refractivity (Wildman–Crippen MR) is 118 cm³/mol. The van der Waals surface area contributed by atoms with Crippen LogP contribution in [0.25, 0.3) is 10.8 Å². The number of benzene rings is 3. The van der Waals surface area contributed by atoms with E-state index in [9.17, 15) is 0 Å². The van der Waals surface area contributed by atoms with Gasteiger partial charge in [-0.3, -0.25) is 0 Å². The van der Waals surface area contributed by atoms with Crippen LogP contribution in [0.15, 0.2) is 59.7 Å². The molecule has 0 amide bonds. The van der Waals surface area contributed by atoms with Gasteiger partial charge in [-0.2, -0.15) is 5.10 Å². The van der Waals surface area contributed by atoms with E-state index in [-0.39, 0.29) is 6.04 Å². The van der Waals surface area contributed by atoms with Crippen LogP contribution < -0.4 is 4.74 Å². The van der Waals surface area contributed by atoms with Crippen LogP contribution in [0.4, 0.5) is 0 Å². The highest BCUT2D eigenvalue weighted by Gasteiger charge is 2.52. The van der Waals surface area contributed by atoms with Gasteiger partial charge in [-0.05, 0) is 47.4 Å². The van der Waals surface area contributed by atoms with E-state index < -0.39 is 5.72 Å². The number of hydrazone groups is 1. The van der Waals surface area contributed by atoms with Crippen molar-refractivity contribution in [3.8, 4) is 5.75 Å². The van der Waals surface area contributed by atoms with Gasteiger partial charge in [0.1, 0.15) is 5.75 Å². The van der Waals surface area contributed by atoms with Gasteiger partial charge in [-0.25, -0.2) is 5.01 Å². The maximum Gasteiger partial charge on any atom is 0.198 e. The summed E-state index contributed by atoms with van der Waals surface area (Å²) in [5.74, 6) is 0.786. The van der Waals surface area contributed by atoms with Gasteiger partial charge >= 0.3 is 0 Å². The normalized spacial score (nSPS) is 21.8. The minimum absolute atomic E-state index is 0.106. The van der Waals surface area contributed by atoms with Crippen molar-refractivity contribution in [3.63, 3.8) is 0 Å². The molecule has 5 heteroatoms. The first-order valence-electron chi connectivity index (χ1n) is 10.2. The second kappa shape index (κ2) is 6.38. The van der Waals surface area contributed by atoms with E-state index in [2.05, 4.69) is 47.5 Å². The third kappa shape index (κ3) is 2.68. The smallest absolute Gasteiger partial charge is 0.198 e. The highest BCUT2D eigenvalue weighted by Crippen LogP contribution is 2.54. The van der Waals surface area contributed by atoms with Crippen molar-refractivity contribution < 1.29 is 4.74 Å². The number of hydrogen-bond donors (Lipinski definition) is 0. The van der Waals surface area contributed by atoms with Gasteiger partial charge in [0.15, 0.2) is 5.72 Å². The van der Waals surface area contributed by atoms with Crippen LogP contribution in [0.3, 0.4) is 0 Å². The van der Waals surface area contributed by atoms with Gasteiger partial charge < -0.3 is 4.74 Å². The lowest BCUT2D eigenvalue weighted by atomic mass is 9.93. The Morgan fingerprint density at radius 1 is 0.966 bits per heavy atom. The monoisotopic (exact) mass is 422 g/mol. The Morgan fingerprint density at radius 3 is 2.59 bits per heavy atom. The van der Waals surface area contributed by atoms with E-state index >= 15 is 0 Å². The van der Waals surface area contributed by atoms with Crippen molar-refractivity contribution in [3.05, 3.63) is 75.8 Å². The van der Waals surface area contributed by atoms with E-state index in [1.165, 1.54) is 16.3 Å². The van der Waals surface area contributed by atoms with E-state index in [0.29, 0.717) is 10.0 Å². The van der Waals surface area contributed by atoms with Crippen molar-refractivity contribution in [1.82, 2.24) is 5.01 Å². The number of hydrogen-bond acceptors (Lipinski definition) is 3. The molecule has 146 valence electrons. The molecule has 2 aliphatic heterocycles. The minimum Gasteiger partial charge on any atom is -0.465 e. The summed E-state index contributed by atoms with van der Waals surface area (Å²) in [5, 5.41) is 11.0. The zero-order chi connectivity index (χ0) is 19.6. The van der Waals surface area contributed by atoms with Gasteiger partial charge in [0, 0.05) is 29.8 Å². The molecular formula is C24H20Cl2N2O. The van der Waals surface area contributed by atoms with Crippen LogP contribution in [0.2, 0.25) is 10.0 Å². The molecule has 0 radical (unpaired) electrons. The Kier molecular flexibility index (Phi) is 3.88.